The summed E-state index contributed by atoms with van der Waals surface area (Å²) in [5, 5.41) is 5.04. The molecule has 1 heterocycles. The number of hydrogen-bond donors (Lipinski definition) is 2. The van der Waals surface area contributed by atoms with E-state index in [0.717, 1.165) is 22.6 Å². The third kappa shape index (κ3) is 3.51. The van der Waals surface area contributed by atoms with Gasteiger partial charge < -0.3 is 10.6 Å². The highest BCUT2D eigenvalue weighted by Gasteiger charge is 2.49. The van der Waals surface area contributed by atoms with Gasteiger partial charge in [0.25, 0.3) is 5.91 Å². The Balaban J connectivity index is 1.76. The molecule has 27 heavy (non-hydrogen) atoms. The maximum Gasteiger partial charge on any atom is 0.325 e. The van der Waals surface area contributed by atoms with Crippen LogP contribution in [-0.2, 0) is 15.1 Å². The molecule has 4 amide bonds. The van der Waals surface area contributed by atoms with E-state index >= 15 is 0 Å². The lowest BCUT2D eigenvalue weighted by Crippen LogP contribution is -2.42. The SMILES string of the molecule is Cc1ccc(NC(=O)CN2C(=O)N[C@@](C)(c3ccc(F)c(F)c3)C2=O)cc1. The van der Waals surface area contributed by atoms with E-state index in [1.807, 2.05) is 19.1 Å². The van der Waals surface area contributed by atoms with Crippen molar-refractivity contribution in [2.75, 3.05) is 11.9 Å². The third-order valence-corrected chi connectivity index (χ3v) is 4.41. The summed E-state index contributed by atoms with van der Waals surface area (Å²) >= 11 is 0. The number of anilines is 1. The fourth-order valence-electron chi connectivity index (χ4n) is 2.82. The molecule has 2 N–H and O–H groups in total. The van der Waals surface area contributed by atoms with Crippen LogP contribution < -0.4 is 10.6 Å². The van der Waals surface area contributed by atoms with E-state index in [1.54, 1.807) is 12.1 Å². The number of hydrogen-bond acceptors (Lipinski definition) is 3. The van der Waals surface area contributed by atoms with Crippen LogP contribution in [0.1, 0.15) is 18.1 Å². The maximum absolute atomic E-state index is 13.5. The second-order valence-electron chi connectivity index (χ2n) is 6.49. The first kappa shape index (κ1) is 18.5. The largest absolute Gasteiger partial charge is 0.325 e. The monoisotopic (exact) mass is 373 g/mol. The van der Waals surface area contributed by atoms with Gasteiger partial charge in [0.1, 0.15) is 12.1 Å². The molecule has 0 unspecified atom stereocenters. The van der Waals surface area contributed by atoms with Crippen molar-refractivity contribution in [3.63, 3.8) is 0 Å². The molecule has 0 spiro atoms. The van der Waals surface area contributed by atoms with E-state index in [9.17, 15) is 23.2 Å². The molecule has 1 fully saturated rings. The summed E-state index contributed by atoms with van der Waals surface area (Å²) in [5.74, 6) is -3.48. The van der Waals surface area contributed by atoms with Crippen molar-refractivity contribution in [1.29, 1.82) is 0 Å². The molecule has 6 nitrogen and oxygen atoms in total. The summed E-state index contributed by atoms with van der Waals surface area (Å²) in [5.41, 5.74) is 0.0436. The van der Waals surface area contributed by atoms with E-state index in [4.69, 9.17) is 0 Å². The Morgan fingerprint density at radius 1 is 1.11 bits per heavy atom. The number of urea groups is 1. The summed E-state index contributed by atoms with van der Waals surface area (Å²) < 4.78 is 26.7. The number of halogens is 2. The Morgan fingerprint density at radius 2 is 1.78 bits per heavy atom. The van der Waals surface area contributed by atoms with Gasteiger partial charge in [0.2, 0.25) is 5.91 Å². The highest BCUT2D eigenvalue weighted by molar-refractivity contribution is 6.10. The lowest BCUT2D eigenvalue weighted by Gasteiger charge is -2.22. The Kier molecular flexibility index (Phi) is 4.65. The Bertz CT molecular complexity index is 930. The number of benzene rings is 2. The fourth-order valence-corrected chi connectivity index (χ4v) is 2.82. The first-order chi connectivity index (χ1) is 12.7. The summed E-state index contributed by atoms with van der Waals surface area (Å²) in [6.45, 7) is 2.77. The molecule has 1 atom stereocenters. The minimum atomic E-state index is -1.59. The van der Waals surface area contributed by atoms with Gasteiger partial charge in [-0.1, -0.05) is 23.8 Å². The maximum atomic E-state index is 13.5. The van der Waals surface area contributed by atoms with E-state index < -0.39 is 41.6 Å². The molecule has 2 aromatic rings. The lowest BCUT2D eigenvalue weighted by molar-refractivity contribution is -0.133. The predicted octanol–water partition coefficient (Wildman–Crippen LogP) is 2.68. The molecule has 1 saturated heterocycles. The quantitative estimate of drug-likeness (QED) is 0.809. The molecular formula is C19H17F2N3O3. The van der Waals surface area contributed by atoms with Gasteiger partial charge in [0.05, 0.1) is 0 Å². The first-order valence-corrected chi connectivity index (χ1v) is 8.17. The summed E-state index contributed by atoms with van der Waals surface area (Å²) in [6, 6.07) is 9.17. The summed E-state index contributed by atoms with van der Waals surface area (Å²) in [7, 11) is 0. The van der Waals surface area contributed by atoms with Gasteiger partial charge in [0, 0.05) is 5.69 Å². The molecule has 0 aromatic heterocycles. The second kappa shape index (κ2) is 6.79. The number of aryl methyl sites for hydroxylation is 1. The van der Waals surface area contributed by atoms with Crippen molar-refractivity contribution in [3.05, 3.63) is 65.2 Å². The zero-order valence-corrected chi connectivity index (χ0v) is 14.7. The van der Waals surface area contributed by atoms with E-state index in [2.05, 4.69) is 10.6 Å². The zero-order chi connectivity index (χ0) is 19.8. The standard InChI is InChI=1S/C19H17F2N3O3/c1-11-3-6-13(7-4-11)22-16(25)10-24-17(26)19(2,23-18(24)27)12-5-8-14(20)15(21)9-12/h3-9H,10H2,1-2H3,(H,22,25)(H,23,27)/t19-/m0/s1. The number of rotatable bonds is 4. The Morgan fingerprint density at radius 3 is 2.41 bits per heavy atom. The van der Waals surface area contributed by atoms with E-state index in [-0.39, 0.29) is 5.56 Å². The highest BCUT2D eigenvalue weighted by Crippen LogP contribution is 2.29. The minimum Gasteiger partial charge on any atom is -0.325 e. The van der Waals surface area contributed by atoms with Gasteiger partial charge in [-0.15, -0.1) is 0 Å². The lowest BCUT2D eigenvalue weighted by atomic mass is 9.92. The molecular weight excluding hydrogens is 356 g/mol. The number of amides is 4. The van der Waals surface area contributed by atoms with Gasteiger partial charge in [-0.05, 0) is 43.7 Å². The van der Waals surface area contributed by atoms with Crippen LogP contribution in [0, 0.1) is 18.6 Å². The van der Waals surface area contributed by atoms with Gasteiger partial charge in [0.15, 0.2) is 11.6 Å². The molecule has 140 valence electrons. The van der Waals surface area contributed by atoms with E-state index in [1.165, 1.54) is 13.0 Å². The van der Waals surface area contributed by atoms with Crippen molar-refractivity contribution < 1.29 is 23.2 Å². The van der Waals surface area contributed by atoms with Crippen molar-refractivity contribution in [1.82, 2.24) is 10.2 Å². The summed E-state index contributed by atoms with van der Waals surface area (Å²) in [4.78, 5) is 37.9. The smallest absolute Gasteiger partial charge is 0.325 e. The van der Waals surface area contributed by atoms with Gasteiger partial charge >= 0.3 is 6.03 Å². The molecule has 0 bridgehead atoms. The minimum absolute atomic E-state index is 0.0844. The van der Waals surface area contributed by atoms with Crippen LogP contribution in [0.25, 0.3) is 0 Å². The first-order valence-electron chi connectivity index (χ1n) is 8.17. The van der Waals surface area contributed by atoms with E-state index in [0.29, 0.717) is 5.69 Å². The van der Waals surface area contributed by atoms with Crippen molar-refractivity contribution >= 4 is 23.5 Å². The van der Waals surface area contributed by atoms with Crippen molar-refractivity contribution in [2.24, 2.45) is 0 Å². The molecule has 1 aliphatic rings. The van der Waals surface area contributed by atoms with Gasteiger partial charge in [-0.3, -0.25) is 14.5 Å². The second-order valence-corrected chi connectivity index (χ2v) is 6.49. The van der Waals surface area contributed by atoms with Gasteiger partial charge in [-0.2, -0.15) is 0 Å². The van der Waals surface area contributed by atoms with Crippen molar-refractivity contribution in [3.8, 4) is 0 Å². The number of nitrogens with zero attached hydrogens (tertiary/aromatic N) is 1. The normalized spacial score (nSPS) is 19.2. The Labute approximate surface area is 154 Å². The van der Waals surface area contributed by atoms with Crippen LogP contribution in [0.4, 0.5) is 19.3 Å². The topological polar surface area (TPSA) is 78.5 Å². The average Bonchev–Trinajstić information content (AvgIpc) is 2.83. The van der Waals surface area contributed by atoms with Crippen LogP contribution in [-0.4, -0.2) is 29.3 Å². The number of carbonyl (C=O) groups excluding carboxylic acids is 3. The Hall–Kier alpha value is -3.29. The number of imide groups is 1. The van der Waals surface area contributed by atoms with Crippen LogP contribution in [0.5, 0.6) is 0 Å². The fraction of sp³-hybridized carbons (Fsp3) is 0.211. The molecule has 0 saturated carbocycles. The number of carbonyl (C=O) groups is 3. The predicted molar refractivity (Wildman–Crippen MR) is 93.8 cm³/mol. The molecule has 8 heteroatoms. The average molecular weight is 373 g/mol. The molecule has 3 rings (SSSR count). The molecule has 0 aliphatic carbocycles. The van der Waals surface area contributed by atoms with Crippen molar-refractivity contribution in [2.45, 2.75) is 19.4 Å². The number of nitrogens with one attached hydrogen (secondary N) is 2. The summed E-state index contributed by atoms with van der Waals surface area (Å²) in [6.07, 6.45) is 0. The van der Waals surface area contributed by atoms with Crippen LogP contribution in [0.15, 0.2) is 42.5 Å². The zero-order valence-electron chi connectivity index (χ0n) is 14.7. The van der Waals surface area contributed by atoms with Gasteiger partial charge in [-0.25, -0.2) is 13.6 Å². The van der Waals surface area contributed by atoms with Crippen LogP contribution >= 0.6 is 0 Å². The highest BCUT2D eigenvalue weighted by atomic mass is 19.2. The van der Waals surface area contributed by atoms with Crippen LogP contribution in [0.2, 0.25) is 0 Å². The third-order valence-electron chi connectivity index (χ3n) is 4.41. The molecule has 1 aliphatic heterocycles. The molecule has 0 radical (unpaired) electrons. The van der Waals surface area contributed by atoms with Crippen LogP contribution in [0.3, 0.4) is 0 Å². The molecule has 2 aromatic carbocycles.